The fraction of sp³-hybridized carbons (Fsp3) is 0.222. The normalized spacial score (nSPS) is 15.3. The van der Waals surface area contributed by atoms with Crippen LogP contribution in [0.4, 0.5) is 5.95 Å². The third kappa shape index (κ3) is 3.04. The smallest absolute Gasteiger partial charge is 0.293 e. The van der Waals surface area contributed by atoms with Crippen LogP contribution in [-0.2, 0) is 10.0 Å². The van der Waals surface area contributed by atoms with E-state index in [1.54, 1.807) is 24.3 Å². The lowest BCUT2D eigenvalue weighted by molar-refractivity contribution is 0.0995. The van der Waals surface area contributed by atoms with Gasteiger partial charge in [0.15, 0.2) is 11.4 Å². The Morgan fingerprint density at radius 1 is 1.17 bits per heavy atom. The molecular weight excluding hydrogens is 396 g/mol. The highest BCUT2D eigenvalue weighted by molar-refractivity contribution is 7.89. The lowest BCUT2D eigenvalue weighted by atomic mass is 10.2. The van der Waals surface area contributed by atoms with Crippen molar-refractivity contribution in [3.63, 3.8) is 0 Å². The van der Waals surface area contributed by atoms with Gasteiger partial charge in [-0.3, -0.25) is 10.1 Å². The number of carbonyl (C=O) groups is 1. The van der Waals surface area contributed by atoms with Crippen LogP contribution in [0.25, 0.3) is 22.1 Å². The molecule has 0 radical (unpaired) electrons. The second kappa shape index (κ2) is 6.64. The van der Waals surface area contributed by atoms with Crippen LogP contribution < -0.4 is 5.32 Å². The van der Waals surface area contributed by atoms with Crippen LogP contribution in [-0.4, -0.2) is 51.9 Å². The molecule has 2 N–H and O–H groups in total. The summed E-state index contributed by atoms with van der Waals surface area (Å²) in [6, 6.07) is 7.95. The van der Waals surface area contributed by atoms with Gasteiger partial charge in [0, 0.05) is 24.0 Å². The van der Waals surface area contributed by atoms with Gasteiger partial charge in [0.2, 0.25) is 10.0 Å². The molecule has 1 saturated heterocycles. The summed E-state index contributed by atoms with van der Waals surface area (Å²) in [4.78, 5) is 19.6. The van der Waals surface area contributed by atoms with E-state index in [4.69, 9.17) is 4.42 Å². The summed E-state index contributed by atoms with van der Waals surface area (Å²) in [6.45, 7) is 1.07. The first-order valence-electron chi connectivity index (χ1n) is 9.03. The number of sulfonamides is 1. The zero-order valence-corrected chi connectivity index (χ0v) is 15.9. The molecule has 0 saturated carbocycles. The Bertz CT molecular complexity index is 1320. The van der Waals surface area contributed by atoms with Gasteiger partial charge in [0.05, 0.1) is 11.2 Å². The third-order valence-electron chi connectivity index (χ3n) is 4.86. The van der Waals surface area contributed by atoms with E-state index in [-0.39, 0.29) is 16.6 Å². The van der Waals surface area contributed by atoms with Crippen molar-refractivity contribution in [1.82, 2.24) is 24.5 Å². The van der Waals surface area contributed by atoms with Crippen molar-refractivity contribution in [2.75, 3.05) is 18.4 Å². The molecule has 10 nitrogen and oxygen atoms in total. The van der Waals surface area contributed by atoms with Crippen LogP contribution in [0, 0.1) is 0 Å². The van der Waals surface area contributed by atoms with Gasteiger partial charge in [-0.25, -0.2) is 8.42 Å². The van der Waals surface area contributed by atoms with Gasteiger partial charge in [-0.1, -0.05) is 0 Å². The Morgan fingerprint density at radius 2 is 2.00 bits per heavy atom. The molecule has 1 aromatic carbocycles. The first-order valence-corrected chi connectivity index (χ1v) is 10.5. The topological polar surface area (TPSA) is 134 Å². The van der Waals surface area contributed by atoms with E-state index in [2.05, 4.69) is 25.5 Å². The predicted octanol–water partition coefficient (Wildman–Crippen LogP) is 2.14. The van der Waals surface area contributed by atoms with Gasteiger partial charge in [0.25, 0.3) is 11.9 Å². The lowest BCUT2D eigenvalue weighted by Crippen LogP contribution is -2.27. The molecule has 0 bridgehead atoms. The molecule has 5 rings (SSSR count). The largest absolute Gasteiger partial charge is 0.459 e. The van der Waals surface area contributed by atoms with Crippen molar-refractivity contribution in [3.8, 4) is 0 Å². The van der Waals surface area contributed by atoms with Crippen LogP contribution in [0.2, 0.25) is 0 Å². The maximum absolute atomic E-state index is 12.8. The van der Waals surface area contributed by atoms with Gasteiger partial charge in [-0.2, -0.15) is 9.29 Å². The van der Waals surface area contributed by atoms with Crippen molar-refractivity contribution in [3.05, 3.63) is 42.4 Å². The maximum Gasteiger partial charge on any atom is 0.293 e. The Hall–Kier alpha value is -3.31. The molecule has 1 amide bonds. The standard InChI is InChI=1S/C18H16N6O4S/c25-17(14-4-3-9-28-14)21-18-20-16-15(22-23-18)12-10-11(5-6-13(12)19-16)29(26,27)24-7-1-2-8-24/h3-6,9-10H,1-2,7-8H2,(H2,19,20,21,23,25). The monoisotopic (exact) mass is 412 g/mol. The predicted molar refractivity (Wildman–Crippen MR) is 104 cm³/mol. The van der Waals surface area contributed by atoms with E-state index in [9.17, 15) is 13.2 Å². The Kier molecular flexibility index (Phi) is 4.07. The molecule has 3 aromatic heterocycles. The SMILES string of the molecule is O=C(Nc1nnc2c(n1)[nH]c1ccc(S(=O)(=O)N3CCCC3)cc12)c1ccco1. The average molecular weight is 412 g/mol. The van der Waals surface area contributed by atoms with Gasteiger partial charge in [-0.05, 0) is 43.2 Å². The maximum atomic E-state index is 12.8. The Balaban J connectivity index is 1.51. The van der Waals surface area contributed by atoms with Gasteiger partial charge in [0.1, 0.15) is 5.52 Å². The van der Waals surface area contributed by atoms with E-state index in [0.29, 0.717) is 35.2 Å². The van der Waals surface area contributed by atoms with Crippen LogP contribution >= 0.6 is 0 Å². The van der Waals surface area contributed by atoms with Gasteiger partial charge >= 0.3 is 0 Å². The van der Waals surface area contributed by atoms with E-state index >= 15 is 0 Å². The molecule has 0 spiro atoms. The number of rotatable bonds is 4. The van der Waals surface area contributed by atoms with Gasteiger partial charge in [-0.15, -0.1) is 10.2 Å². The summed E-state index contributed by atoms with van der Waals surface area (Å²) < 4.78 is 32.2. The number of hydrogen-bond acceptors (Lipinski definition) is 7. The first-order chi connectivity index (χ1) is 14.0. The van der Waals surface area contributed by atoms with E-state index in [1.807, 2.05) is 0 Å². The summed E-state index contributed by atoms with van der Waals surface area (Å²) in [7, 11) is -3.54. The number of aromatic nitrogens is 4. The molecule has 1 fully saturated rings. The van der Waals surface area contributed by atoms with Crippen LogP contribution in [0.15, 0.2) is 45.9 Å². The summed E-state index contributed by atoms with van der Waals surface area (Å²) in [5, 5.41) is 11.2. The fourth-order valence-corrected chi connectivity index (χ4v) is 4.96. The number of anilines is 1. The molecule has 4 aromatic rings. The molecular formula is C18H16N6O4S. The van der Waals surface area contributed by atoms with Crippen molar-refractivity contribution in [1.29, 1.82) is 0 Å². The number of benzene rings is 1. The van der Waals surface area contributed by atoms with E-state index in [0.717, 1.165) is 12.8 Å². The minimum atomic E-state index is -3.54. The van der Waals surface area contributed by atoms with Gasteiger partial charge < -0.3 is 9.40 Å². The third-order valence-corrected chi connectivity index (χ3v) is 6.75. The fourth-order valence-electron chi connectivity index (χ4n) is 3.41. The molecule has 1 aliphatic rings. The number of H-pyrrole nitrogens is 1. The van der Waals surface area contributed by atoms with E-state index < -0.39 is 15.9 Å². The second-order valence-corrected chi connectivity index (χ2v) is 8.65. The number of aromatic amines is 1. The number of furan rings is 1. The Labute approximate surface area is 165 Å². The highest BCUT2D eigenvalue weighted by Gasteiger charge is 2.27. The minimum absolute atomic E-state index is 0.00960. The lowest BCUT2D eigenvalue weighted by Gasteiger charge is -2.15. The number of nitrogens with zero attached hydrogens (tertiary/aromatic N) is 4. The number of nitrogens with one attached hydrogen (secondary N) is 2. The molecule has 4 heterocycles. The zero-order valence-electron chi connectivity index (χ0n) is 15.1. The minimum Gasteiger partial charge on any atom is -0.459 e. The summed E-state index contributed by atoms with van der Waals surface area (Å²) in [5.41, 5.74) is 1.49. The molecule has 0 atom stereocenters. The zero-order chi connectivity index (χ0) is 20.0. The van der Waals surface area contributed by atoms with Crippen LogP contribution in [0.1, 0.15) is 23.4 Å². The number of fused-ring (bicyclic) bond motifs is 3. The van der Waals surface area contributed by atoms with Crippen molar-refractivity contribution in [2.24, 2.45) is 0 Å². The van der Waals surface area contributed by atoms with Crippen molar-refractivity contribution >= 4 is 43.9 Å². The number of hydrogen-bond donors (Lipinski definition) is 2. The van der Waals surface area contributed by atoms with Crippen molar-refractivity contribution in [2.45, 2.75) is 17.7 Å². The molecule has 1 aliphatic heterocycles. The molecule has 0 aliphatic carbocycles. The van der Waals surface area contributed by atoms with Crippen LogP contribution in [0.5, 0.6) is 0 Å². The molecule has 29 heavy (non-hydrogen) atoms. The van der Waals surface area contributed by atoms with E-state index in [1.165, 1.54) is 16.6 Å². The summed E-state index contributed by atoms with van der Waals surface area (Å²) >= 11 is 0. The second-order valence-electron chi connectivity index (χ2n) is 6.71. The van der Waals surface area contributed by atoms with Crippen LogP contribution in [0.3, 0.4) is 0 Å². The molecule has 11 heteroatoms. The first kappa shape index (κ1) is 17.8. The molecule has 148 valence electrons. The quantitative estimate of drug-likeness (QED) is 0.524. The summed E-state index contributed by atoms with van der Waals surface area (Å²) in [5.74, 6) is -0.358. The highest BCUT2D eigenvalue weighted by Crippen LogP contribution is 2.28. The summed E-state index contributed by atoms with van der Waals surface area (Å²) in [6.07, 6.45) is 3.13. The number of carbonyl (C=O) groups excluding carboxylic acids is 1. The number of amides is 1. The molecule has 0 unspecified atom stereocenters. The average Bonchev–Trinajstić information content (AvgIpc) is 3.47. The van der Waals surface area contributed by atoms with Crippen molar-refractivity contribution < 1.29 is 17.6 Å². The Morgan fingerprint density at radius 3 is 2.76 bits per heavy atom. The highest BCUT2D eigenvalue weighted by atomic mass is 32.2.